The summed E-state index contributed by atoms with van der Waals surface area (Å²) in [4.78, 5) is 21.1. The van der Waals surface area contributed by atoms with Gasteiger partial charge in [-0.25, -0.2) is 9.31 Å². The van der Waals surface area contributed by atoms with Crippen molar-refractivity contribution in [1.82, 2.24) is 29.7 Å². The lowest BCUT2D eigenvalue weighted by Gasteiger charge is -2.35. The average Bonchev–Trinajstić information content (AvgIpc) is 3.73. The van der Waals surface area contributed by atoms with Crippen LogP contribution in [-0.2, 0) is 9.47 Å². The largest absolute Gasteiger partial charge is 0.444 e. The first kappa shape index (κ1) is 26.9. The van der Waals surface area contributed by atoms with Crippen LogP contribution < -0.4 is 10.2 Å². The lowest BCUT2D eigenvalue weighted by atomic mass is 10.1. The van der Waals surface area contributed by atoms with Crippen LogP contribution in [0.5, 0.6) is 0 Å². The minimum atomic E-state index is -0.519. The fourth-order valence-corrected chi connectivity index (χ4v) is 5.79. The number of nitrogens with one attached hydrogen (secondary N) is 1. The summed E-state index contributed by atoms with van der Waals surface area (Å²) in [6.45, 7) is 9.39. The number of ether oxygens (including phenoxy) is 2. The molecule has 4 aromatic rings. The molecule has 1 amide bonds. The number of amides is 1. The van der Waals surface area contributed by atoms with E-state index < -0.39 is 5.60 Å². The fourth-order valence-electron chi connectivity index (χ4n) is 4.87. The second kappa shape index (κ2) is 10.9. The molecule has 2 fully saturated rings. The topological polar surface area (TPSA) is 134 Å². The molecule has 6 heterocycles. The monoisotopic (exact) mass is 573 g/mol. The maximum absolute atomic E-state index is 12.5. The summed E-state index contributed by atoms with van der Waals surface area (Å²) in [7, 11) is 0. The number of pyridine rings is 1. The quantitative estimate of drug-likeness (QED) is 0.373. The molecule has 2 saturated heterocycles. The van der Waals surface area contributed by atoms with Gasteiger partial charge in [0.05, 0.1) is 46.9 Å². The summed E-state index contributed by atoms with van der Waals surface area (Å²) in [5.74, 6) is 0. The van der Waals surface area contributed by atoms with E-state index in [1.165, 1.54) is 11.3 Å². The Balaban J connectivity index is 1.25. The number of aromatic nitrogens is 5. The Morgan fingerprint density at radius 1 is 1.17 bits per heavy atom. The first-order chi connectivity index (χ1) is 19.8. The molecule has 12 nitrogen and oxygen atoms in total. The van der Waals surface area contributed by atoms with Crippen LogP contribution in [-0.4, -0.2) is 86.8 Å². The predicted molar refractivity (Wildman–Crippen MR) is 155 cm³/mol. The van der Waals surface area contributed by atoms with Crippen molar-refractivity contribution in [2.75, 3.05) is 49.6 Å². The van der Waals surface area contributed by atoms with Crippen LogP contribution in [0.25, 0.3) is 27.5 Å². The minimum Gasteiger partial charge on any atom is -0.444 e. The van der Waals surface area contributed by atoms with Gasteiger partial charge in [0.2, 0.25) is 5.13 Å². The zero-order chi connectivity index (χ0) is 28.6. The zero-order valence-corrected chi connectivity index (χ0v) is 24.0. The normalized spacial score (nSPS) is 17.6. The smallest absolute Gasteiger partial charge is 0.410 e. The van der Waals surface area contributed by atoms with E-state index in [9.17, 15) is 10.1 Å². The molecule has 2 aliphatic heterocycles. The standard InChI is InChI=1S/C28H31N9O3S/c1-28(2,3)40-27(38)36-9-7-35(8-10-36)26-34-33-25(41-26)21-16-30-23(13-22(21)32-19-6-11-39-17-19)24-5-4-20-12-18(14-29)15-31-37(20)24/h4-5,12-13,15-16,19H,6-11,17H2,1-3H3,(H,30,32)/t19-/m0/s1. The van der Waals surface area contributed by atoms with Crippen molar-refractivity contribution in [1.29, 1.82) is 5.26 Å². The summed E-state index contributed by atoms with van der Waals surface area (Å²) in [5.41, 5.74) is 4.13. The van der Waals surface area contributed by atoms with Crippen LogP contribution in [0.4, 0.5) is 15.6 Å². The molecule has 0 radical (unpaired) electrons. The molecular weight excluding hydrogens is 542 g/mol. The molecule has 4 aromatic heterocycles. The summed E-state index contributed by atoms with van der Waals surface area (Å²) in [6.07, 6.45) is 3.99. The molecule has 6 rings (SSSR count). The maximum Gasteiger partial charge on any atom is 0.410 e. The first-order valence-corrected chi connectivity index (χ1v) is 14.4. The lowest BCUT2D eigenvalue weighted by Crippen LogP contribution is -2.50. The van der Waals surface area contributed by atoms with Crippen LogP contribution in [0.1, 0.15) is 32.8 Å². The van der Waals surface area contributed by atoms with E-state index in [1.54, 1.807) is 21.7 Å². The van der Waals surface area contributed by atoms with Crippen LogP contribution in [0.3, 0.4) is 0 Å². The Bertz CT molecular complexity index is 1610. The predicted octanol–water partition coefficient (Wildman–Crippen LogP) is 4.04. The lowest BCUT2D eigenvalue weighted by molar-refractivity contribution is 0.0240. The molecule has 0 unspecified atom stereocenters. The molecule has 0 aromatic carbocycles. The van der Waals surface area contributed by atoms with Crippen molar-refractivity contribution in [2.45, 2.75) is 38.8 Å². The molecule has 41 heavy (non-hydrogen) atoms. The Hall–Kier alpha value is -4.28. The molecule has 13 heteroatoms. The minimum absolute atomic E-state index is 0.178. The average molecular weight is 574 g/mol. The second-order valence-electron chi connectivity index (χ2n) is 11.1. The van der Waals surface area contributed by atoms with Gasteiger partial charge in [-0.05, 0) is 51.5 Å². The number of anilines is 2. The van der Waals surface area contributed by atoms with E-state index >= 15 is 0 Å². The van der Waals surface area contributed by atoms with Crippen LogP contribution in [0.2, 0.25) is 0 Å². The summed E-state index contributed by atoms with van der Waals surface area (Å²) < 4.78 is 12.9. The zero-order valence-electron chi connectivity index (χ0n) is 23.2. The van der Waals surface area contributed by atoms with Gasteiger partial charge in [0.25, 0.3) is 0 Å². The third kappa shape index (κ3) is 5.79. The summed E-state index contributed by atoms with van der Waals surface area (Å²) in [6, 6.07) is 10.0. The molecule has 1 N–H and O–H groups in total. The number of carbonyl (C=O) groups is 1. The van der Waals surface area contributed by atoms with Crippen LogP contribution in [0.15, 0.2) is 36.7 Å². The first-order valence-electron chi connectivity index (χ1n) is 13.6. The number of fused-ring (bicyclic) bond motifs is 1. The van der Waals surface area contributed by atoms with Crippen molar-refractivity contribution in [3.8, 4) is 28.0 Å². The summed E-state index contributed by atoms with van der Waals surface area (Å²) >= 11 is 1.50. The van der Waals surface area contributed by atoms with E-state index in [1.807, 2.05) is 45.2 Å². The molecule has 0 spiro atoms. The van der Waals surface area contributed by atoms with Gasteiger partial charge in [-0.1, -0.05) is 11.3 Å². The third-order valence-corrected chi connectivity index (χ3v) is 7.95. The van der Waals surface area contributed by atoms with Crippen molar-refractivity contribution < 1.29 is 14.3 Å². The Labute approximate surface area is 241 Å². The Morgan fingerprint density at radius 2 is 2.00 bits per heavy atom. The van der Waals surface area contributed by atoms with Gasteiger partial charge in [0.15, 0.2) is 5.01 Å². The van der Waals surface area contributed by atoms with Crippen molar-refractivity contribution in [3.05, 3.63) is 42.2 Å². The number of nitriles is 1. The van der Waals surface area contributed by atoms with Gasteiger partial charge >= 0.3 is 6.09 Å². The molecular formula is C28H31N9O3S. The SMILES string of the molecule is CC(C)(C)OC(=O)N1CCN(c2nnc(-c3cnc(-c4ccc5cc(C#N)cnn45)cc3N[C@H]3CCOC3)s2)CC1. The van der Waals surface area contributed by atoms with E-state index in [4.69, 9.17) is 14.5 Å². The highest BCUT2D eigenvalue weighted by molar-refractivity contribution is 7.18. The van der Waals surface area contributed by atoms with Crippen molar-refractivity contribution >= 4 is 33.8 Å². The van der Waals surface area contributed by atoms with E-state index in [0.717, 1.165) is 51.3 Å². The van der Waals surface area contributed by atoms with Gasteiger partial charge in [0, 0.05) is 44.7 Å². The van der Waals surface area contributed by atoms with Crippen LogP contribution in [0, 0.1) is 11.3 Å². The number of nitrogens with zero attached hydrogens (tertiary/aromatic N) is 8. The van der Waals surface area contributed by atoms with Gasteiger partial charge in [0.1, 0.15) is 11.7 Å². The van der Waals surface area contributed by atoms with E-state index in [-0.39, 0.29) is 12.1 Å². The second-order valence-corrected chi connectivity index (χ2v) is 12.0. The highest BCUT2D eigenvalue weighted by atomic mass is 32.1. The maximum atomic E-state index is 12.5. The molecule has 212 valence electrons. The van der Waals surface area contributed by atoms with Crippen molar-refractivity contribution in [2.24, 2.45) is 0 Å². The molecule has 2 aliphatic rings. The number of hydrogen-bond acceptors (Lipinski definition) is 11. The highest BCUT2D eigenvalue weighted by Crippen LogP contribution is 2.36. The van der Waals surface area contributed by atoms with Gasteiger partial charge in [-0.3, -0.25) is 4.98 Å². The van der Waals surface area contributed by atoms with E-state index in [0.29, 0.717) is 38.3 Å². The third-order valence-electron chi connectivity index (χ3n) is 6.93. The van der Waals surface area contributed by atoms with Crippen LogP contribution >= 0.6 is 11.3 Å². The van der Waals surface area contributed by atoms with Gasteiger partial charge < -0.3 is 24.6 Å². The Morgan fingerprint density at radius 3 is 2.73 bits per heavy atom. The fraction of sp³-hybridized carbons (Fsp3) is 0.429. The highest BCUT2D eigenvalue weighted by Gasteiger charge is 2.28. The number of carbonyl (C=O) groups excluding carboxylic acids is 1. The number of hydrogen-bond donors (Lipinski definition) is 1. The number of piperazine rings is 1. The van der Waals surface area contributed by atoms with E-state index in [2.05, 4.69) is 31.6 Å². The molecule has 0 aliphatic carbocycles. The molecule has 0 saturated carbocycles. The Kier molecular flexibility index (Phi) is 7.19. The van der Waals surface area contributed by atoms with Crippen molar-refractivity contribution in [3.63, 3.8) is 0 Å². The number of rotatable bonds is 5. The van der Waals surface area contributed by atoms with Gasteiger partial charge in [-0.15, -0.1) is 10.2 Å². The molecule has 1 atom stereocenters. The summed E-state index contributed by atoms with van der Waals surface area (Å²) in [5, 5.41) is 27.9. The van der Waals surface area contributed by atoms with Gasteiger partial charge in [-0.2, -0.15) is 10.4 Å². The molecule has 0 bridgehead atoms.